The lowest BCUT2D eigenvalue weighted by Gasteiger charge is -2.01. The average molecular weight is 332 g/mol. The maximum atomic E-state index is 11.3. The Morgan fingerprint density at radius 1 is 1.13 bits per heavy atom. The quantitative estimate of drug-likeness (QED) is 0.743. The number of rotatable bonds is 6. The highest BCUT2D eigenvalue weighted by atomic mass is 32.1. The molecule has 0 N–H and O–H groups in total. The van der Waals surface area contributed by atoms with Crippen LogP contribution in [0.4, 0.5) is 0 Å². The largest absolute Gasteiger partial charge is 0.299 e. The van der Waals surface area contributed by atoms with Gasteiger partial charge in [0, 0.05) is 54.2 Å². The Kier molecular flexibility index (Phi) is 8.33. The van der Waals surface area contributed by atoms with E-state index in [0.717, 1.165) is 11.4 Å². The van der Waals surface area contributed by atoms with Crippen LogP contribution in [0.15, 0.2) is 36.1 Å². The van der Waals surface area contributed by atoms with Crippen molar-refractivity contribution >= 4 is 22.9 Å². The van der Waals surface area contributed by atoms with E-state index in [2.05, 4.69) is 9.97 Å². The summed E-state index contributed by atoms with van der Waals surface area (Å²) in [5.41, 5.74) is 0.697. The molecular weight excluding hydrogens is 308 g/mol. The molecule has 0 spiro atoms. The zero-order valence-corrected chi connectivity index (χ0v) is 15.0. The second-order valence-electron chi connectivity index (χ2n) is 5.81. The van der Waals surface area contributed by atoms with Gasteiger partial charge < -0.3 is 0 Å². The normalized spacial score (nSPS) is 10.3. The zero-order valence-electron chi connectivity index (χ0n) is 14.2. The van der Waals surface area contributed by atoms with Gasteiger partial charge in [0.05, 0.1) is 5.01 Å². The maximum absolute atomic E-state index is 11.3. The molecule has 0 unspecified atom stereocenters. The van der Waals surface area contributed by atoms with Crippen molar-refractivity contribution < 1.29 is 9.59 Å². The number of hydrogen-bond donors (Lipinski definition) is 0. The van der Waals surface area contributed by atoms with Gasteiger partial charge in [-0.05, 0) is 12.1 Å². The van der Waals surface area contributed by atoms with Crippen molar-refractivity contribution in [1.82, 2.24) is 9.97 Å². The first-order valence-electron chi connectivity index (χ1n) is 7.77. The molecule has 2 aromatic heterocycles. The first-order chi connectivity index (χ1) is 10.9. The number of hydrogen-bond acceptors (Lipinski definition) is 5. The van der Waals surface area contributed by atoms with E-state index < -0.39 is 0 Å². The van der Waals surface area contributed by atoms with Crippen molar-refractivity contribution in [2.45, 2.75) is 40.5 Å². The molecule has 2 aromatic rings. The van der Waals surface area contributed by atoms with Gasteiger partial charge in [0.25, 0.3) is 0 Å². The molecule has 5 heteroatoms. The summed E-state index contributed by atoms with van der Waals surface area (Å²) in [6, 6.07) is 3.56. The summed E-state index contributed by atoms with van der Waals surface area (Å²) in [4.78, 5) is 30.5. The Bertz CT molecular complexity index is 593. The fourth-order valence-electron chi connectivity index (χ4n) is 1.74. The molecule has 0 amide bonds. The van der Waals surface area contributed by atoms with Crippen molar-refractivity contribution in [3.05, 3.63) is 46.7 Å². The van der Waals surface area contributed by atoms with E-state index in [-0.39, 0.29) is 17.6 Å². The van der Waals surface area contributed by atoms with Crippen LogP contribution in [0.3, 0.4) is 0 Å². The molecule has 0 aliphatic carbocycles. The highest BCUT2D eigenvalue weighted by Gasteiger charge is 2.09. The molecule has 0 aromatic carbocycles. The number of aryl methyl sites for hydroxylation is 1. The summed E-state index contributed by atoms with van der Waals surface area (Å²) < 4.78 is 0. The van der Waals surface area contributed by atoms with E-state index in [9.17, 15) is 9.59 Å². The summed E-state index contributed by atoms with van der Waals surface area (Å²) >= 11 is 1.61. The number of carbonyl (C=O) groups excluding carboxylic acids is 2. The van der Waals surface area contributed by atoms with E-state index in [1.165, 1.54) is 0 Å². The highest BCUT2D eigenvalue weighted by molar-refractivity contribution is 7.09. The lowest BCUT2D eigenvalue weighted by atomic mass is 10.0. The van der Waals surface area contributed by atoms with Crippen LogP contribution in [-0.4, -0.2) is 21.5 Å². The van der Waals surface area contributed by atoms with Gasteiger partial charge in [-0.25, -0.2) is 4.98 Å². The van der Waals surface area contributed by atoms with Gasteiger partial charge in [-0.2, -0.15) is 0 Å². The molecular formula is C18H24N2O2S. The van der Waals surface area contributed by atoms with Gasteiger partial charge in [-0.1, -0.05) is 27.7 Å². The Hall–Kier alpha value is -1.88. The predicted octanol–water partition coefficient (Wildman–Crippen LogP) is 4.22. The van der Waals surface area contributed by atoms with Crippen molar-refractivity contribution in [1.29, 1.82) is 0 Å². The first-order valence-corrected chi connectivity index (χ1v) is 8.65. The number of nitrogens with zero attached hydrogens (tertiary/aromatic N) is 2. The topological polar surface area (TPSA) is 59.9 Å². The molecule has 0 atom stereocenters. The second kappa shape index (κ2) is 10.0. The molecule has 23 heavy (non-hydrogen) atoms. The molecule has 0 radical (unpaired) electrons. The summed E-state index contributed by atoms with van der Waals surface area (Å²) in [5.74, 6) is 0.687. The van der Waals surface area contributed by atoms with Crippen molar-refractivity contribution in [3.8, 4) is 0 Å². The van der Waals surface area contributed by atoms with Crippen LogP contribution < -0.4 is 0 Å². The summed E-state index contributed by atoms with van der Waals surface area (Å²) in [6.45, 7) is 7.64. The van der Waals surface area contributed by atoms with E-state index in [1.54, 1.807) is 42.1 Å². The molecule has 0 saturated carbocycles. The third-order valence-corrected chi connectivity index (χ3v) is 4.02. The number of carbonyl (C=O) groups is 2. The Balaban J connectivity index is 0.000000231. The first kappa shape index (κ1) is 19.2. The van der Waals surface area contributed by atoms with Crippen molar-refractivity contribution in [2.75, 3.05) is 0 Å². The minimum absolute atomic E-state index is 0.0548. The summed E-state index contributed by atoms with van der Waals surface area (Å²) in [7, 11) is 0. The Morgan fingerprint density at radius 3 is 2.35 bits per heavy atom. The van der Waals surface area contributed by atoms with Crippen LogP contribution in [0.5, 0.6) is 0 Å². The smallest absolute Gasteiger partial charge is 0.166 e. The minimum Gasteiger partial charge on any atom is -0.299 e. The molecule has 124 valence electrons. The fourth-order valence-corrected chi connectivity index (χ4v) is 2.36. The molecule has 2 heterocycles. The monoisotopic (exact) mass is 332 g/mol. The van der Waals surface area contributed by atoms with Gasteiger partial charge in [-0.15, -0.1) is 11.3 Å². The average Bonchev–Trinajstić information content (AvgIpc) is 3.06. The van der Waals surface area contributed by atoms with E-state index >= 15 is 0 Å². The third-order valence-electron chi connectivity index (χ3n) is 3.18. The number of thiazole rings is 1. The SMILES string of the molecule is CC(C)C(=O)CCc1nccs1.CC(C)C(=O)c1cccnc1. The molecule has 0 saturated heterocycles. The van der Waals surface area contributed by atoms with E-state index in [0.29, 0.717) is 17.8 Å². The van der Waals surface area contributed by atoms with Crippen LogP contribution in [0.1, 0.15) is 49.5 Å². The molecule has 0 fully saturated rings. The summed E-state index contributed by atoms with van der Waals surface area (Å²) in [6.07, 6.45) is 6.47. The number of ketones is 2. The van der Waals surface area contributed by atoms with Crippen LogP contribution in [0, 0.1) is 11.8 Å². The van der Waals surface area contributed by atoms with Crippen LogP contribution in [0.2, 0.25) is 0 Å². The van der Waals surface area contributed by atoms with Gasteiger partial charge >= 0.3 is 0 Å². The van der Waals surface area contributed by atoms with Gasteiger partial charge in [0.1, 0.15) is 5.78 Å². The number of aromatic nitrogens is 2. The molecule has 2 rings (SSSR count). The molecule has 4 nitrogen and oxygen atoms in total. The lowest BCUT2D eigenvalue weighted by Crippen LogP contribution is -2.07. The van der Waals surface area contributed by atoms with Gasteiger partial charge in [0.15, 0.2) is 5.78 Å². The highest BCUT2D eigenvalue weighted by Crippen LogP contribution is 2.09. The molecule has 0 aliphatic heterocycles. The third kappa shape index (κ3) is 7.28. The van der Waals surface area contributed by atoms with Crippen molar-refractivity contribution in [2.24, 2.45) is 11.8 Å². The lowest BCUT2D eigenvalue weighted by molar-refractivity contribution is -0.121. The molecule has 0 bridgehead atoms. The van der Waals surface area contributed by atoms with E-state index in [1.807, 2.05) is 33.1 Å². The maximum Gasteiger partial charge on any atom is 0.166 e. The van der Waals surface area contributed by atoms with Crippen LogP contribution in [0.25, 0.3) is 0 Å². The number of Topliss-reactive ketones (excluding diaryl/α,β-unsaturated/α-hetero) is 2. The fraction of sp³-hybridized carbons (Fsp3) is 0.444. The van der Waals surface area contributed by atoms with Gasteiger partial charge in [0.2, 0.25) is 0 Å². The summed E-state index contributed by atoms with van der Waals surface area (Å²) in [5, 5.41) is 3.00. The van der Waals surface area contributed by atoms with Crippen molar-refractivity contribution in [3.63, 3.8) is 0 Å². The van der Waals surface area contributed by atoms with Crippen LogP contribution >= 0.6 is 11.3 Å². The van der Waals surface area contributed by atoms with Gasteiger partial charge in [-0.3, -0.25) is 14.6 Å². The Morgan fingerprint density at radius 2 is 1.87 bits per heavy atom. The standard InChI is InChI=1S/C9H13NOS.C9H11NO/c1-7(2)8(11)3-4-9-10-5-6-12-9;1-7(2)9(11)8-4-3-5-10-6-8/h5-7H,3-4H2,1-2H3;3-7H,1-2H3. The zero-order chi connectivity index (χ0) is 17.2. The molecule has 0 aliphatic rings. The van der Waals surface area contributed by atoms with Crippen LogP contribution in [-0.2, 0) is 11.2 Å². The second-order valence-corrected chi connectivity index (χ2v) is 6.79. The predicted molar refractivity (Wildman–Crippen MR) is 93.7 cm³/mol. The minimum atomic E-state index is 0.0548. The number of pyridine rings is 1. The van der Waals surface area contributed by atoms with E-state index in [4.69, 9.17) is 0 Å². The Labute approximate surface area is 142 Å².